The zero-order valence-electron chi connectivity index (χ0n) is 43.7. The van der Waals surface area contributed by atoms with Crippen LogP contribution in [0.15, 0.2) is 156 Å². The van der Waals surface area contributed by atoms with Crippen molar-refractivity contribution in [3.05, 3.63) is 185 Å². The summed E-state index contributed by atoms with van der Waals surface area (Å²) in [7, 11) is 0. The second-order valence-corrected chi connectivity index (χ2v) is 25.2. The van der Waals surface area contributed by atoms with Crippen LogP contribution in [0.3, 0.4) is 0 Å². The summed E-state index contributed by atoms with van der Waals surface area (Å²) in [6.45, 7) is 28.7. The second-order valence-electron chi connectivity index (χ2n) is 25.2. The Morgan fingerprint density at radius 1 is 0.507 bits per heavy atom. The van der Waals surface area contributed by atoms with Crippen LogP contribution in [0, 0.1) is 0 Å². The van der Waals surface area contributed by atoms with E-state index in [1.807, 2.05) is 0 Å². The highest BCUT2D eigenvalue weighted by atomic mass is 16.3. The Morgan fingerprint density at radius 3 is 1.87 bits per heavy atom. The first-order valence-electron chi connectivity index (χ1n) is 26.1. The Morgan fingerprint density at radius 2 is 1.15 bits per heavy atom. The Bertz CT molecular complexity index is 3710. The van der Waals surface area contributed by atoms with Gasteiger partial charge < -0.3 is 14.1 Å². The molecule has 8 aromatic carbocycles. The van der Waals surface area contributed by atoms with Gasteiger partial charge >= 0.3 is 6.85 Å². The number of nitrogens with zero attached hydrogens (tertiary/aromatic N) is 2. The minimum Gasteiger partial charge on any atom is -0.456 e. The van der Waals surface area contributed by atoms with Gasteiger partial charge in [0.1, 0.15) is 11.2 Å². The second kappa shape index (κ2) is 14.7. The van der Waals surface area contributed by atoms with Crippen molar-refractivity contribution in [3.63, 3.8) is 0 Å². The molecule has 0 unspecified atom stereocenters. The SMILES string of the molecule is CC(C)(C)c1ccc(N2B3c4ccc5oc6ccccc6c5c4N(c4ccc(C(C)(C)C)cc4-c4ccccc4)c4cc5c(c(c43)-c3cc4c(cc32)C(C)(C)CCC4(C)C)C(C)(C)c2ccccc2-5)cc1. The number of fused-ring (bicyclic) bond motifs is 13. The summed E-state index contributed by atoms with van der Waals surface area (Å²) in [5, 5.41) is 2.27. The quantitative estimate of drug-likeness (QED) is 0.165. The molecular formula is C67H65BN2O. The zero-order valence-corrected chi connectivity index (χ0v) is 43.7. The fraction of sp³-hybridized carbons (Fsp3) is 0.284. The smallest absolute Gasteiger partial charge is 0.333 e. The summed E-state index contributed by atoms with van der Waals surface area (Å²) in [4.78, 5) is 5.42. The van der Waals surface area contributed by atoms with Gasteiger partial charge in [0.05, 0.1) is 16.8 Å². The fourth-order valence-electron chi connectivity index (χ4n) is 13.4. The summed E-state index contributed by atoms with van der Waals surface area (Å²) in [6, 6.07) is 58.4. The summed E-state index contributed by atoms with van der Waals surface area (Å²) < 4.78 is 6.90. The molecule has 0 spiro atoms. The number of anilines is 5. The molecule has 13 rings (SSSR count). The average Bonchev–Trinajstić information content (AvgIpc) is 3.84. The van der Waals surface area contributed by atoms with Crippen LogP contribution >= 0.6 is 0 Å². The van der Waals surface area contributed by atoms with Crippen LogP contribution in [0.1, 0.15) is 129 Å². The van der Waals surface area contributed by atoms with E-state index in [9.17, 15) is 0 Å². The lowest BCUT2D eigenvalue weighted by molar-refractivity contribution is 0.332. The number of benzene rings is 8. The van der Waals surface area contributed by atoms with Crippen molar-refractivity contribution in [2.75, 3.05) is 9.71 Å². The summed E-state index contributed by atoms with van der Waals surface area (Å²) >= 11 is 0. The molecule has 0 saturated heterocycles. The summed E-state index contributed by atoms with van der Waals surface area (Å²) in [5.74, 6) is 0. The molecule has 0 amide bonds. The molecule has 71 heavy (non-hydrogen) atoms. The molecule has 2 aliphatic heterocycles. The predicted molar refractivity (Wildman–Crippen MR) is 303 cm³/mol. The highest BCUT2D eigenvalue weighted by Gasteiger charge is 2.52. The number of rotatable bonds is 3. The number of hydrogen-bond donors (Lipinski definition) is 0. The standard InChI is InChI=1S/C67H65BN2O/c1-63(2,3)41-26-29-43(30-27-41)70-54-39-51-50(65(7,8)34-35-66(51,9)10)37-48(54)59-60-47(44-22-16-18-24-49(44)67(60,11)12)38-55-61(59)68(70)52-31-33-57-58(45-23-17-19-25-56(45)71-57)62(52)69(55)53-32-28-42(64(4,5)6)36-46(53)40-20-14-13-15-21-40/h13-33,36-39H,34-35H2,1-12H3. The van der Waals surface area contributed by atoms with Gasteiger partial charge in [-0.15, -0.1) is 0 Å². The van der Waals surface area contributed by atoms with Crippen molar-refractivity contribution in [1.29, 1.82) is 0 Å². The van der Waals surface area contributed by atoms with Crippen molar-refractivity contribution >= 4 is 68.1 Å². The number of furan rings is 1. The molecule has 3 heterocycles. The van der Waals surface area contributed by atoms with Gasteiger partial charge in [-0.25, -0.2) is 0 Å². The highest BCUT2D eigenvalue weighted by Crippen LogP contribution is 2.60. The Hall–Kier alpha value is -6.78. The molecule has 0 N–H and O–H groups in total. The average molecular weight is 925 g/mol. The molecule has 4 aliphatic rings. The van der Waals surface area contributed by atoms with Gasteiger partial charge in [-0.1, -0.05) is 180 Å². The summed E-state index contributed by atoms with van der Waals surface area (Å²) in [6.07, 6.45) is 2.30. The van der Waals surface area contributed by atoms with E-state index in [2.05, 4.69) is 244 Å². The number of hydrogen-bond acceptors (Lipinski definition) is 3. The predicted octanol–water partition coefficient (Wildman–Crippen LogP) is 17.2. The van der Waals surface area contributed by atoms with Crippen molar-refractivity contribution in [1.82, 2.24) is 0 Å². The van der Waals surface area contributed by atoms with Crippen LogP contribution in [-0.4, -0.2) is 6.85 Å². The maximum atomic E-state index is 6.90. The van der Waals surface area contributed by atoms with E-state index in [4.69, 9.17) is 4.42 Å². The van der Waals surface area contributed by atoms with Gasteiger partial charge in [0.25, 0.3) is 0 Å². The zero-order chi connectivity index (χ0) is 49.3. The van der Waals surface area contributed by atoms with Crippen LogP contribution in [0.25, 0.3) is 55.3 Å². The molecule has 0 radical (unpaired) electrons. The molecular weight excluding hydrogens is 860 g/mol. The van der Waals surface area contributed by atoms with Crippen molar-refractivity contribution in [3.8, 4) is 33.4 Å². The van der Waals surface area contributed by atoms with E-state index in [-0.39, 0.29) is 33.9 Å². The van der Waals surface area contributed by atoms with Crippen LogP contribution in [-0.2, 0) is 27.1 Å². The minimum absolute atomic E-state index is 0.0113. The normalized spacial score (nSPS) is 16.9. The fourth-order valence-corrected chi connectivity index (χ4v) is 13.4. The van der Waals surface area contributed by atoms with Gasteiger partial charge in [-0.3, -0.25) is 0 Å². The lowest BCUT2D eigenvalue weighted by atomic mass is 9.42. The molecule has 0 fully saturated rings. The third kappa shape index (κ3) is 6.28. The number of para-hydroxylation sites is 1. The topological polar surface area (TPSA) is 19.6 Å². The van der Waals surface area contributed by atoms with E-state index >= 15 is 0 Å². The maximum Gasteiger partial charge on any atom is 0.333 e. The van der Waals surface area contributed by atoms with Gasteiger partial charge in [0.2, 0.25) is 0 Å². The monoisotopic (exact) mass is 925 g/mol. The van der Waals surface area contributed by atoms with Gasteiger partial charge in [-0.2, -0.15) is 0 Å². The van der Waals surface area contributed by atoms with E-state index < -0.39 is 0 Å². The molecule has 0 saturated carbocycles. The molecule has 3 nitrogen and oxygen atoms in total. The lowest BCUT2D eigenvalue weighted by Gasteiger charge is -2.49. The Labute approximate surface area is 421 Å². The molecule has 352 valence electrons. The molecule has 2 aliphatic carbocycles. The minimum atomic E-state index is -0.265. The molecule has 9 aromatic rings. The summed E-state index contributed by atoms with van der Waals surface area (Å²) in [5.41, 5.74) is 26.4. The van der Waals surface area contributed by atoms with E-state index in [1.165, 1.54) is 100 Å². The largest absolute Gasteiger partial charge is 0.456 e. The van der Waals surface area contributed by atoms with Crippen LogP contribution < -0.4 is 20.6 Å². The van der Waals surface area contributed by atoms with Gasteiger partial charge in [-0.05, 0) is 156 Å². The highest BCUT2D eigenvalue weighted by molar-refractivity contribution is 6.94. The third-order valence-electron chi connectivity index (χ3n) is 17.4. The van der Waals surface area contributed by atoms with E-state index in [0.717, 1.165) is 40.5 Å². The van der Waals surface area contributed by atoms with E-state index in [1.54, 1.807) is 0 Å². The Kier molecular flexibility index (Phi) is 9.12. The molecule has 0 atom stereocenters. The Balaban J connectivity index is 1.25. The first kappa shape index (κ1) is 44.2. The first-order valence-corrected chi connectivity index (χ1v) is 26.1. The van der Waals surface area contributed by atoms with Crippen molar-refractivity contribution in [2.45, 2.75) is 123 Å². The molecule has 1 aromatic heterocycles. The molecule has 4 heteroatoms. The van der Waals surface area contributed by atoms with Crippen molar-refractivity contribution < 1.29 is 4.42 Å². The van der Waals surface area contributed by atoms with Crippen LogP contribution in [0.4, 0.5) is 28.4 Å². The van der Waals surface area contributed by atoms with Crippen molar-refractivity contribution in [2.24, 2.45) is 0 Å². The maximum absolute atomic E-state index is 6.90. The van der Waals surface area contributed by atoms with E-state index in [0.29, 0.717) is 0 Å². The van der Waals surface area contributed by atoms with Crippen LogP contribution in [0.2, 0.25) is 0 Å². The van der Waals surface area contributed by atoms with Gasteiger partial charge in [0.15, 0.2) is 0 Å². The third-order valence-corrected chi connectivity index (χ3v) is 17.4. The van der Waals surface area contributed by atoms with Gasteiger partial charge in [0, 0.05) is 39.0 Å². The van der Waals surface area contributed by atoms with Crippen LogP contribution in [0.5, 0.6) is 0 Å². The first-order chi connectivity index (χ1) is 33.7. The molecule has 0 bridgehead atoms. The lowest BCUT2D eigenvalue weighted by Crippen LogP contribution is -2.62.